The maximum Gasteiger partial charge on any atom is 0.0804 e. The molecule has 3 aromatic rings. The minimum Gasteiger partial charge on any atom is -0.397 e. The van der Waals surface area contributed by atoms with Gasteiger partial charge < -0.3 is 11.1 Å². The molecule has 0 spiro atoms. The van der Waals surface area contributed by atoms with E-state index in [0.717, 1.165) is 11.4 Å². The average Bonchev–Trinajstić information content (AvgIpc) is 2.41. The van der Waals surface area contributed by atoms with Crippen LogP contribution in [-0.4, -0.2) is 4.98 Å². The Morgan fingerprint density at radius 1 is 0.944 bits per heavy atom. The molecule has 3 rings (SSSR count). The van der Waals surface area contributed by atoms with Gasteiger partial charge in [0.25, 0.3) is 0 Å². The number of rotatable bonds is 2. The molecule has 0 saturated carbocycles. The number of hydrogen-bond donors (Lipinski definition) is 2. The number of anilines is 3. The van der Waals surface area contributed by atoms with Crippen LogP contribution in [0.3, 0.4) is 0 Å². The van der Waals surface area contributed by atoms with E-state index in [-0.39, 0.29) is 0 Å². The largest absolute Gasteiger partial charge is 0.397 e. The predicted molar refractivity (Wildman–Crippen MR) is 75.9 cm³/mol. The van der Waals surface area contributed by atoms with Crippen molar-refractivity contribution >= 4 is 27.8 Å². The fourth-order valence-corrected chi connectivity index (χ4v) is 1.93. The number of nitrogens with two attached hydrogens (primary N) is 1. The molecule has 0 aliphatic carbocycles. The molecule has 1 heterocycles. The highest BCUT2D eigenvalue weighted by Crippen LogP contribution is 2.24. The molecule has 0 aliphatic heterocycles. The summed E-state index contributed by atoms with van der Waals surface area (Å²) in [6.45, 7) is 0. The van der Waals surface area contributed by atoms with Crippen LogP contribution in [0.25, 0.3) is 10.8 Å². The van der Waals surface area contributed by atoms with Gasteiger partial charge in [-0.3, -0.25) is 4.98 Å². The summed E-state index contributed by atoms with van der Waals surface area (Å²) in [6.07, 6.45) is 3.41. The van der Waals surface area contributed by atoms with Gasteiger partial charge in [-0.05, 0) is 29.0 Å². The Bertz CT molecular complexity index is 692. The summed E-state index contributed by atoms with van der Waals surface area (Å²) in [7, 11) is 0. The monoisotopic (exact) mass is 235 g/mol. The second-order valence-electron chi connectivity index (χ2n) is 4.15. The van der Waals surface area contributed by atoms with Gasteiger partial charge in [-0.1, -0.05) is 30.3 Å². The first-order chi connectivity index (χ1) is 8.83. The average molecular weight is 235 g/mol. The van der Waals surface area contributed by atoms with E-state index in [4.69, 9.17) is 5.73 Å². The standard InChI is InChI=1S/C15H13N3/c16-14-7-8-17-10-15(14)18-13-6-5-11-3-1-2-4-12(11)9-13/h1-10,18H,(H2,16,17). The van der Waals surface area contributed by atoms with E-state index in [1.165, 1.54) is 10.8 Å². The summed E-state index contributed by atoms with van der Waals surface area (Å²) in [6, 6.07) is 16.3. The number of nitrogens with zero attached hydrogens (tertiary/aromatic N) is 1. The zero-order chi connectivity index (χ0) is 12.4. The third-order valence-corrected chi connectivity index (χ3v) is 2.88. The Kier molecular flexibility index (Phi) is 2.57. The molecule has 3 N–H and O–H groups in total. The number of nitrogens with one attached hydrogen (secondary N) is 1. The molecule has 0 aliphatic rings. The lowest BCUT2D eigenvalue weighted by molar-refractivity contribution is 1.32. The summed E-state index contributed by atoms with van der Waals surface area (Å²) >= 11 is 0. The lowest BCUT2D eigenvalue weighted by atomic mass is 10.1. The number of pyridine rings is 1. The van der Waals surface area contributed by atoms with Crippen LogP contribution >= 0.6 is 0 Å². The summed E-state index contributed by atoms with van der Waals surface area (Å²) in [5, 5.41) is 5.70. The van der Waals surface area contributed by atoms with E-state index in [2.05, 4.69) is 34.6 Å². The maximum absolute atomic E-state index is 5.88. The van der Waals surface area contributed by atoms with Crippen LogP contribution in [0.2, 0.25) is 0 Å². The van der Waals surface area contributed by atoms with Gasteiger partial charge in [0.05, 0.1) is 17.6 Å². The molecule has 3 heteroatoms. The molecular formula is C15H13N3. The number of benzene rings is 2. The van der Waals surface area contributed by atoms with E-state index in [1.807, 2.05) is 18.2 Å². The van der Waals surface area contributed by atoms with Crippen molar-refractivity contribution in [2.24, 2.45) is 0 Å². The molecule has 2 aromatic carbocycles. The molecular weight excluding hydrogens is 222 g/mol. The molecule has 0 radical (unpaired) electrons. The summed E-state index contributed by atoms with van der Waals surface area (Å²) in [5.74, 6) is 0. The molecule has 3 nitrogen and oxygen atoms in total. The second-order valence-corrected chi connectivity index (χ2v) is 4.15. The Morgan fingerprint density at radius 3 is 2.61 bits per heavy atom. The van der Waals surface area contributed by atoms with Crippen LogP contribution < -0.4 is 11.1 Å². The number of fused-ring (bicyclic) bond motifs is 1. The van der Waals surface area contributed by atoms with Gasteiger partial charge in [0.2, 0.25) is 0 Å². The molecule has 88 valence electrons. The van der Waals surface area contributed by atoms with Crippen molar-refractivity contribution in [1.82, 2.24) is 4.98 Å². The van der Waals surface area contributed by atoms with Gasteiger partial charge in [0.1, 0.15) is 0 Å². The number of aromatic nitrogens is 1. The number of hydrogen-bond acceptors (Lipinski definition) is 3. The fraction of sp³-hybridized carbons (Fsp3) is 0. The van der Waals surface area contributed by atoms with Gasteiger partial charge in [-0.25, -0.2) is 0 Å². The van der Waals surface area contributed by atoms with Crippen LogP contribution in [0, 0.1) is 0 Å². The predicted octanol–water partition coefficient (Wildman–Crippen LogP) is 3.56. The summed E-state index contributed by atoms with van der Waals surface area (Å²) in [5.41, 5.74) is 8.41. The highest BCUT2D eigenvalue weighted by atomic mass is 14.9. The highest BCUT2D eigenvalue weighted by Gasteiger charge is 2.00. The van der Waals surface area contributed by atoms with E-state index in [1.54, 1.807) is 18.5 Å². The number of nitrogen functional groups attached to an aromatic ring is 1. The first-order valence-corrected chi connectivity index (χ1v) is 5.78. The lowest BCUT2D eigenvalue weighted by Crippen LogP contribution is -1.96. The molecule has 0 fully saturated rings. The van der Waals surface area contributed by atoms with Crippen molar-refractivity contribution in [1.29, 1.82) is 0 Å². The van der Waals surface area contributed by atoms with Crippen LogP contribution in [0.5, 0.6) is 0 Å². The zero-order valence-electron chi connectivity index (χ0n) is 9.80. The van der Waals surface area contributed by atoms with Crippen LogP contribution in [-0.2, 0) is 0 Å². The molecule has 0 unspecified atom stereocenters. The van der Waals surface area contributed by atoms with Gasteiger partial charge in [-0.15, -0.1) is 0 Å². The van der Waals surface area contributed by atoms with Crippen LogP contribution in [0.1, 0.15) is 0 Å². The Hall–Kier alpha value is -2.55. The van der Waals surface area contributed by atoms with E-state index in [0.29, 0.717) is 5.69 Å². The second kappa shape index (κ2) is 4.37. The van der Waals surface area contributed by atoms with E-state index >= 15 is 0 Å². The minimum absolute atomic E-state index is 0.693. The zero-order valence-corrected chi connectivity index (χ0v) is 9.80. The molecule has 0 amide bonds. The summed E-state index contributed by atoms with van der Waals surface area (Å²) < 4.78 is 0. The minimum atomic E-state index is 0.693. The van der Waals surface area contributed by atoms with E-state index in [9.17, 15) is 0 Å². The van der Waals surface area contributed by atoms with Gasteiger partial charge in [-0.2, -0.15) is 0 Å². The van der Waals surface area contributed by atoms with Gasteiger partial charge in [0.15, 0.2) is 0 Å². The fourth-order valence-electron chi connectivity index (χ4n) is 1.93. The van der Waals surface area contributed by atoms with Crippen molar-refractivity contribution in [3.63, 3.8) is 0 Å². The summed E-state index contributed by atoms with van der Waals surface area (Å²) in [4.78, 5) is 4.06. The van der Waals surface area contributed by atoms with Crippen molar-refractivity contribution < 1.29 is 0 Å². The molecule has 0 saturated heterocycles. The third kappa shape index (κ3) is 1.98. The Labute approximate surface area is 105 Å². The van der Waals surface area contributed by atoms with E-state index < -0.39 is 0 Å². The quantitative estimate of drug-likeness (QED) is 0.714. The van der Waals surface area contributed by atoms with Crippen LogP contribution in [0.15, 0.2) is 60.9 Å². The van der Waals surface area contributed by atoms with Crippen molar-refractivity contribution in [2.75, 3.05) is 11.1 Å². The third-order valence-electron chi connectivity index (χ3n) is 2.88. The van der Waals surface area contributed by atoms with Gasteiger partial charge in [0, 0.05) is 11.9 Å². The Morgan fingerprint density at radius 2 is 1.78 bits per heavy atom. The highest BCUT2D eigenvalue weighted by molar-refractivity contribution is 5.87. The first kappa shape index (κ1) is 10.6. The molecule has 18 heavy (non-hydrogen) atoms. The molecule has 1 aromatic heterocycles. The van der Waals surface area contributed by atoms with Crippen molar-refractivity contribution in [2.45, 2.75) is 0 Å². The van der Waals surface area contributed by atoms with Crippen molar-refractivity contribution in [3.05, 3.63) is 60.9 Å². The lowest BCUT2D eigenvalue weighted by Gasteiger charge is -2.09. The molecule has 0 atom stereocenters. The smallest absolute Gasteiger partial charge is 0.0804 e. The van der Waals surface area contributed by atoms with Crippen molar-refractivity contribution in [3.8, 4) is 0 Å². The molecule has 0 bridgehead atoms. The van der Waals surface area contributed by atoms with Gasteiger partial charge >= 0.3 is 0 Å². The maximum atomic E-state index is 5.88. The first-order valence-electron chi connectivity index (χ1n) is 5.78. The topological polar surface area (TPSA) is 50.9 Å². The normalized spacial score (nSPS) is 10.4. The van der Waals surface area contributed by atoms with Crippen LogP contribution in [0.4, 0.5) is 17.1 Å². The Balaban J connectivity index is 1.98. The SMILES string of the molecule is Nc1ccncc1Nc1ccc2ccccc2c1.